The first-order valence-electron chi connectivity index (χ1n) is 10.2. The zero-order valence-electron chi connectivity index (χ0n) is 16.4. The third kappa shape index (κ3) is 3.87. The molecule has 2 heterocycles. The number of aromatic nitrogens is 2. The summed E-state index contributed by atoms with van der Waals surface area (Å²) in [5, 5.41) is 4.61. The fourth-order valence-electron chi connectivity index (χ4n) is 4.33. The molecule has 4 rings (SSSR count). The van der Waals surface area contributed by atoms with Gasteiger partial charge in [-0.3, -0.25) is 9.48 Å². The van der Waals surface area contributed by atoms with E-state index in [2.05, 4.69) is 24.2 Å². The van der Waals surface area contributed by atoms with Crippen molar-refractivity contribution in [2.45, 2.75) is 45.4 Å². The van der Waals surface area contributed by atoms with Crippen molar-refractivity contribution in [1.29, 1.82) is 0 Å². The number of benzene rings is 1. The molecule has 2 aliphatic rings. The van der Waals surface area contributed by atoms with E-state index in [1.54, 1.807) is 0 Å². The number of fused-ring (bicyclic) bond motifs is 1. The topological polar surface area (TPSA) is 47.4 Å². The van der Waals surface area contributed by atoms with Gasteiger partial charge in [0.1, 0.15) is 11.4 Å². The Kier molecular flexibility index (Phi) is 5.19. The molecule has 5 heteroatoms. The van der Waals surface area contributed by atoms with Crippen LogP contribution in [0.5, 0.6) is 5.75 Å². The Morgan fingerprint density at radius 3 is 2.78 bits per heavy atom. The number of hydrogen-bond acceptors (Lipinski definition) is 3. The van der Waals surface area contributed by atoms with E-state index in [1.165, 1.54) is 17.5 Å². The molecular weight excluding hydrogens is 338 g/mol. The van der Waals surface area contributed by atoms with E-state index >= 15 is 0 Å². The Bertz CT molecular complexity index is 810. The molecule has 144 valence electrons. The molecule has 2 aromatic rings. The van der Waals surface area contributed by atoms with Gasteiger partial charge in [-0.25, -0.2) is 0 Å². The van der Waals surface area contributed by atoms with Gasteiger partial charge in [0.15, 0.2) is 0 Å². The molecule has 1 amide bonds. The third-order valence-corrected chi connectivity index (χ3v) is 5.83. The van der Waals surface area contributed by atoms with Crippen LogP contribution in [0.1, 0.15) is 53.0 Å². The van der Waals surface area contributed by atoms with Crippen molar-refractivity contribution in [3.05, 3.63) is 46.8 Å². The van der Waals surface area contributed by atoms with E-state index in [4.69, 9.17) is 4.74 Å². The van der Waals surface area contributed by atoms with E-state index < -0.39 is 0 Å². The van der Waals surface area contributed by atoms with Gasteiger partial charge in [-0.2, -0.15) is 5.10 Å². The summed E-state index contributed by atoms with van der Waals surface area (Å²) in [5.41, 5.74) is 4.36. The van der Waals surface area contributed by atoms with E-state index in [9.17, 15) is 4.79 Å². The van der Waals surface area contributed by atoms with Crippen molar-refractivity contribution < 1.29 is 9.53 Å². The lowest BCUT2D eigenvalue weighted by Crippen LogP contribution is -2.42. The summed E-state index contributed by atoms with van der Waals surface area (Å²) in [6.45, 7) is 4.34. The van der Waals surface area contributed by atoms with Crippen LogP contribution in [0, 0.1) is 12.8 Å². The first-order valence-corrected chi connectivity index (χ1v) is 10.2. The van der Waals surface area contributed by atoms with E-state index in [0.29, 0.717) is 12.5 Å². The van der Waals surface area contributed by atoms with Crippen LogP contribution in [0.4, 0.5) is 0 Å². The van der Waals surface area contributed by atoms with Crippen LogP contribution < -0.4 is 4.74 Å². The number of amides is 1. The molecular formula is C22H29N3O2. The minimum atomic E-state index is 0.146. The predicted molar refractivity (Wildman–Crippen MR) is 105 cm³/mol. The van der Waals surface area contributed by atoms with Crippen LogP contribution in [-0.4, -0.2) is 40.3 Å². The van der Waals surface area contributed by atoms with Crippen LogP contribution in [0.25, 0.3) is 0 Å². The second kappa shape index (κ2) is 7.75. The number of aryl methyl sites for hydroxylation is 3. The first-order chi connectivity index (χ1) is 13.1. The quantitative estimate of drug-likeness (QED) is 0.830. The molecule has 27 heavy (non-hydrogen) atoms. The fourth-order valence-corrected chi connectivity index (χ4v) is 4.33. The molecule has 1 aromatic carbocycles. The molecule has 5 nitrogen and oxygen atoms in total. The highest BCUT2D eigenvalue weighted by Gasteiger charge is 2.30. The Balaban J connectivity index is 1.41. The molecule has 0 radical (unpaired) electrons. The van der Waals surface area contributed by atoms with Gasteiger partial charge in [0.2, 0.25) is 0 Å². The zero-order valence-corrected chi connectivity index (χ0v) is 16.4. The summed E-state index contributed by atoms with van der Waals surface area (Å²) < 4.78 is 7.79. The molecule has 1 aromatic heterocycles. The highest BCUT2D eigenvalue weighted by Crippen LogP contribution is 2.26. The van der Waals surface area contributed by atoms with Gasteiger partial charge in [-0.05, 0) is 57.6 Å². The minimum Gasteiger partial charge on any atom is -0.493 e. The van der Waals surface area contributed by atoms with Gasteiger partial charge < -0.3 is 9.64 Å². The lowest BCUT2D eigenvalue weighted by Gasteiger charge is -2.33. The molecule has 0 unspecified atom stereocenters. The highest BCUT2D eigenvalue weighted by atomic mass is 16.5. The smallest absolute Gasteiger partial charge is 0.272 e. The summed E-state index contributed by atoms with van der Waals surface area (Å²) in [6.07, 6.45) is 6.47. The highest BCUT2D eigenvalue weighted by molar-refractivity contribution is 5.94. The second-order valence-corrected chi connectivity index (χ2v) is 7.99. The minimum absolute atomic E-state index is 0.146. The molecule has 1 saturated heterocycles. The number of rotatable bonds is 4. The molecule has 1 fully saturated rings. The Morgan fingerprint density at radius 1 is 1.19 bits per heavy atom. The maximum Gasteiger partial charge on any atom is 0.272 e. The maximum atomic E-state index is 13.2. The summed E-state index contributed by atoms with van der Waals surface area (Å²) in [5.74, 6) is 1.44. The average Bonchev–Trinajstić information content (AvgIpc) is 3.03. The summed E-state index contributed by atoms with van der Waals surface area (Å²) in [4.78, 5) is 15.2. The summed E-state index contributed by atoms with van der Waals surface area (Å²) in [7, 11) is 1.91. The van der Waals surface area contributed by atoms with Gasteiger partial charge in [0.25, 0.3) is 5.91 Å². The number of likely N-dealkylation sites (tertiary alicyclic amines) is 1. The number of carbonyl (C=O) groups excluding carboxylic acids is 1. The van der Waals surface area contributed by atoms with Crippen LogP contribution >= 0.6 is 0 Å². The largest absolute Gasteiger partial charge is 0.493 e. The van der Waals surface area contributed by atoms with Gasteiger partial charge in [-0.1, -0.05) is 17.7 Å². The number of ether oxygens (including phenoxy) is 1. The average molecular weight is 367 g/mol. The van der Waals surface area contributed by atoms with Crippen LogP contribution in [0.15, 0.2) is 24.3 Å². The van der Waals surface area contributed by atoms with Gasteiger partial charge in [0.05, 0.1) is 12.3 Å². The summed E-state index contributed by atoms with van der Waals surface area (Å²) in [6, 6.07) is 8.17. The molecule has 0 saturated carbocycles. The van der Waals surface area contributed by atoms with Crippen molar-refractivity contribution in [1.82, 2.24) is 14.7 Å². The zero-order chi connectivity index (χ0) is 18.8. The SMILES string of the molecule is Cc1ccc(OC[C@H]2CCCN(C(=O)c3c4c(nn3C)CCCC4)C2)cc1. The molecule has 0 bridgehead atoms. The van der Waals surface area contributed by atoms with Crippen LogP contribution in [0.3, 0.4) is 0 Å². The number of piperidine rings is 1. The predicted octanol–water partition coefficient (Wildman–Crippen LogP) is 3.54. The molecule has 0 spiro atoms. The van der Waals surface area contributed by atoms with Crippen LogP contribution in [0.2, 0.25) is 0 Å². The van der Waals surface area contributed by atoms with Crippen molar-refractivity contribution in [3.8, 4) is 5.75 Å². The molecule has 1 aliphatic heterocycles. The normalized spacial score (nSPS) is 19.6. The fraction of sp³-hybridized carbons (Fsp3) is 0.545. The van der Waals surface area contributed by atoms with Crippen molar-refractivity contribution in [3.63, 3.8) is 0 Å². The Morgan fingerprint density at radius 2 is 1.96 bits per heavy atom. The van der Waals surface area contributed by atoms with E-state index in [-0.39, 0.29) is 5.91 Å². The Labute approximate surface area is 161 Å². The number of hydrogen-bond donors (Lipinski definition) is 0. The molecule has 1 atom stereocenters. The number of carbonyl (C=O) groups is 1. The van der Waals surface area contributed by atoms with Gasteiger partial charge in [-0.15, -0.1) is 0 Å². The standard InChI is InChI=1S/C22H29N3O2/c1-16-9-11-18(12-10-16)27-15-17-6-5-13-25(14-17)22(26)21-19-7-3-4-8-20(19)23-24(21)2/h9-12,17H,3-8,13-15H2,1-2H3/t17-/m0/s1. The first kappa shape index (κ1) is 18.1. The van der Waals surface area contributed by atoms with Gasteiger partial charge in [0, 0.05) is 31.6 Å². The lowest BCUT2D eigenvalue weighted by molar-refractivity contribution is 0.0621. The maximum absolute atomic E-state index is 13.2. The van der Waals surface area contributed by atoms with Gasteiger partial charge >= 0.3 is 0 Å². The van der Waals surface area contributed by atoms with E-state index in [1.807, 2.05) is 28.8 Å². The Hall–Kier alpha value is -2.30. The molecule has 1 aliphatic carbocycles. The van der Waals surface area contributed by atoms with E-state index in [0.717, 1.165) is 62.3 Å². The second-order valence-electron chi connectivity index (χ2n) is 7.99. The van der Waals surface area contributed by atoms with Crippen LogP contribution in [-0.2, 0) is 19.9 Å². The van der Waals surface area contributed by atoms with Crippen molar-refractivity contribution in [2.75, 3.05) is 19.7 Å². The van der Waals surface area contributed by atoms with Crippen molar-refractivity contribution >= 4 is 5.91 Å². The van der Waals surface area contributed by atoms with Crippen molar-refractivity contribution in [2.24, 2.45) is 13.0 Å². The monoisotopic (exact) mass is 367 g/mol. The molecule has 0 N–H and O–H groups in total. The number of nitrogens with zero attached hydrogens (tertiary/aromatic N) is 3. The summed E-state index contributed by atoms with van der Waals surface area (Å²) >= 11 is 0. The third-order valence-electron chi connectivity index (χ3n) is 5.83. The lowest BCUT2D eigenvalue weighted by atomic mass is 9.94.